The normalized spacial score (nSPS) is 16.3. The van der Waals surface area contributed by atoms with E-state index in [1.807, 2.05) is 19.1 Å². The van der Waals surface area contributed by atoms with Crippen LogP contribution in [0.4, 0.5) is 14.6 Å². The average molecular weight is 569 g/mol. The van der Waals surface area contributed by atoms with Crippen molar-refractivity contribution in [2.24, 2.45) is 7.05 Å². The highest BCUT2D eigenvalue weighted by atomic mass is 35.5. The van der Waals surface area contributed by atoms with Gasteiger partial charge in [-0.15, -0.1) is 0 Å². The fourth-order valence-electron chi connectivity index (χ4n) is 4.62. The predicted octanol–water partition coefficient (Wildman–Crippen LogP) is 5.46. The highest BCUT2D eigenvalue weighted by molar-refractivity contribution is 8.00. The molecule has 0 radical (unpaired) electrons. The van der Waals surface area contributed by atoms with E-state index < -0.39 is 26.9 Å². The molecule has 0 saturated heterocycles. The maximum atomic E-state index is 13.9. The molecule has 0 spiro atoms. The average Bonchev–Trinajstić information content (AvgIpc) is 3.49. The minimum atomic E-state index is -2.63. The molecule has 6 nitrogen and oxygen atoms in total. The first-order chi connectivity index (χ1) is 18.3. The predicted molar refractivity (Wildman–Crippen MR) is 153 cm³/mol. The van der Waals surface area contributed by atoms with Crippen molar-refractivity contribution in [3.63, 3.8) is 0 Å². The standard InChI is InChI=1S/C29H27ClF2N4O2S/c1-17(13-18-14-19(31)16-20(32)15-18)26-22(6-5-21(33-26)9-10-29(37)11-12-29)23-7-8-24(30)25-27(23)36(2)34-28(25)35-39(3,4)38/h5-8,14-17,37H,3,11-13H2,1-2,4H3,(H,34,35,38)/t17-,39?/m0/s1. The number of pyridine rings is 1. The van der Waals surface area contributed by atoms with Gasteiger partial charge in [-0.1, -0.05) is 30.5 Å². The Kier molecular flexibility index (Phi) is 6.91. The van der Waals surface area contributed by atoms with Gasteiger partial charge in [0.1, 0.15) is 22.9 Å². The number of benzene rings is 2. The number of rotatable bonds is 6. The number of anilines is 1. The van der Waals surface area contributed by atoms with Gasteiger partial charge in [-0.2, -0.15) is 5.10 Å². The first kappa shape index (κ1) is 27.1. The topological polar surface area (TPSA) is 80.0 Å². The van der Waals surface area contributed by atoms with E-state index in [0.29, 0.717) is 58.0 Å². The number of aromatic nitrogens is 3. The van der Waals surface area contributed by atoms with Crippen molar-refractivity contribution in [1.82, 2.24) is 14.8 Å². The van der Waals surface area contributed by atoms with Crippen LogP contribution in [0, 0.1) is 23.5 Å². The summed E-state index contributed by atoms with van der Waals surface area (Å²) >= 11 is 6.58. The summed E-state index contributed by atoms with van der Waals surface area (Å²) in [5, 5.41) is 15.7. The second-order valence-corrected chi connectivity index (χ2v) is 12.8. The van der Waals surface area contributed by atoms with Crippen LogP contribution >= 0.6 is 11.6 Å². The van der Waals surface area contributed by atoms with Gasteiger partial charge in [0.15, 0.2) is 5.82 Å². The third kappa shape index (κ3) is 5.93. The van der Waals surface area contributed by atoms with E-state index in [1.54, 1.807) is 23.9 Å². The van der Waals surface area contributed by atoms with E-state index in [-0.39, 0.29) is 5.92 Å². The van der Waals surface area contributed by atoms with Crippen LogP contribution in [0.25, 0.3) is 22.0 Å². The lowest BCUT2D eigenvalue weighted by Crippen LogP contribution is -2.10. The van der Waals surface area contributed by atoms with E-state index in [1.165, 1.54) is 18.4 Å². The number of nitrogens with one attached hydrogen (secondary N) is 1. The Balaban J connectivity index is 1.67. The van der Waals surface area contributed by atoms with E-state index >= 15 is 0 Å². The van der Waals surface area contributed by atoms with Gasteiger partial charge in [0.2, 0.25) is 0 Å². The van der Waals surface area contributed by atoms with Crippen LogP contribution in [0.2, 0.25) is 5.02 Å². The molecule has 2 aromatic carbocycles. The fourth-order valence-corrected chi connectivity index (χ4v) is 5.42. The van der Waals surface area contributed by atoms with Crippen LogP contribution in [0.15, 0.2) is 42.5 Å². The van der Waals surface area contributed by atoms with E-state index in [0.717, 1.165) is 17.2 Å². The zero-order valence-electron chi connectivity index (χ0n) is 21.7. The van der Waals surface area contributed by atoms with Gasteiger partial charge in [-0.05, 0) is 66.9 Å². The van der Waals surface area contributed by atoms with Crippen molar-refractivity contribution < 1.29 is 18.1 Å². The van der Waals surface area contributed by atoms with Crippen LogP contribution in [0.5, 0.6) is 0 Å². The van der Waals surface area contributed by atoms with Gasteiger partial charge in [-0.3, -0.25) is 9.40 Å². The van der Waals surface area contributed by atoms with Crippen molar-refractivity contribution in [2.75, 3.05) is 11.0 Å². The van der Waals surface area contributed by atoms with E-state index in [9.17, 15) is 18.1 Å². The van der Waals surface area contributed by atoms with Crippen molar-refractivity contribution >= 4 is 43.9 Å². The first-order valence-corrected chi connectivity index (χ1v) is 14.8. The number of fused-ring (bicyclic) bond motifs is 1. The monoisotopic (exact) mass is 568 g/mol. The summed E-state index contributed by atoms with van der Waals surface area (Å²) in [5.74, 6) is 8.31. The summed E-state index contributed by atoms with van der Waals surface area (Å²) in [5.41, 5.74) is 2.89. The zero-order chi connectivity index (χ0) is 28.1. The number of nitrogens with zero attached hydrogens (tertiary/aromatic N) is 3. The first-order valence-electron chi connectivity index (χ1n) is 12.3. The van der Waals surface area contributed by atoms with Gasteiger partial charge in [0.25, 0.3) is 0 Å². The Morgan fingerprint density at radius 1 is 1.21 bits per heavy atom. The van der Waals surface area contributed by atoms with Crippen molar-refractivity contribution in [3.8, 4) is 23.0 Å². The molecule has 1 aliphatic carbocycles. The second-order valence-electron chi connectivity index (χ2n) is 10.2. The molecule has 4 aromatic rings. The molecule has 39 heavy (non-hydrogen) atoms. The van der Waals surface area contributed by atoms with Crippen molar-refractivity contribution in [3.05, 3.63) is 76.1 Å². The molecule has 202 valence electrons. The number of aryl methyl sites for hydroxylation is 1. The van der Waals surface area contributed by atoms with Gasteiger partial charge >= 0.3 is 0 Å². The third-order valence-corrected chi connectivity index (χ3v) is 7.48. The Bertz CT molecular complexity index is 1770. The highest BCUT2D eigenvalue weighted by Crippen LogP contribution is 2.40. The molecule has 1 saturated carbocycles. The second kappa shape index (κ2) is 9.94. The molecule has 2 aromatic heterocycles. The summed E-state index contributed by atoms with van der Waals surface area (Å²) in [6.45, 7) is 1.93. The minimum absolute atomic E-state index is 0.266. The zero-order valence-corrected chi connectivity index (χ0v) is 23.3. The van der Waals surface area contributed by atoms with Crippen LogP contribution in [-0.2, 0) is 23.2 Å². The Morgan fingerprint density at radius 3 is 2.51 bits per heavy atom. The fraction of sp³-hybridized carbons (Fsp3) is 0.276. The molecule has 2 atom stereocenters. The van der Waals surface area contributed by atoms with Crippen LogP contribution in [0.3, 0.4) is 0 Å². The summed E-state index contributed by atoms with van der Waals surface area (Å²) in [7, 11) is -0.865. The Hall–Kier alpha value is -3.45. The SMILES string of the molecule is C=S(C)(=O)Nc1nn(C)c2c(-c3ccc(C#CC4(O)CC4)nc3[C@@H](C)Cc3cc(F)cc(F)c3)ccc(Cl)c12. The molecule has 0 aliphatic heterocycles. The number of halogens is 3. The maximum Gasteiger partial charge on any atom is 0.168 e. The lowest BCUT2D eigenvalue weighted by molar-refractivity contribution is 0.212. The summed E-state index contributed by atoms with van der Waals surface area (Å²) < 4.78 is 44.8. The largest absolute Gasteiger partial charge is 0.378 e. The highest BCUT2D eigenvalue weighted by Gasteiger charge is 2.38. The molecule has 2 heterocycles. The molecule has 1 fully saturated rings. The van der Waals surface area contributed by atoms with Crippen molar-refractivity contribution in [2.45, 2.75) is 37.7 Å². The van der Waals surface area contributed by atoms with Crippen LogP contribution in [-0.4, -0.2) is 41.8 Å². The van der Waals surface area contributed by atoms with Gasteiger partial charge in [-0.25, -0.2) is 18.0 Å². The summed E-state index contributed by atoms with van der Waals surface area (Å²) in [6.07, 6.45) is 3.05. The molecule has 5 rings (SSSR count). The maximum absolute atomic E-state index is 13.9. The molecule has 1 aliphatic rings. The van der Waals surface area contributed by atoms with Gasteiger partial charge in [0.05, 0.1) is 21.6 Å². The molecule has 0 amide bonds. The molecule has 0 bridgehead atoms. The molecular weight excluding hydrogens is 542 g/mol. The van der Waals surface area contributed by atoms with E-state index in [4.69, 9.17) is 16.6 Å². The smallest absolute Gasteiger partial charge is 0.168 e. The molecule has 2 N–H and O–H groups in total. The number of hydrogen-bond donors (Lipinski definition) is 2. The number of aliphatic hydroxyl groups is 1. The lowest BCUT2D eigenvalue weighted by Gasteiger charge is -2.18. The van der Waals surface area contributed by atoms with Crippen LogP contribution < -0.4 is 4.72 Å². The third-order valence-electron chi connectivity index (χ3n) is 6.54. The quantitative estimate of drug-likeness (QED) is 0.239. The Morgan fingerprint density at radius 2 is 1.87 bits per heavy atom. The summed E-state index contributed by atoms with van der Waals surface area (Å²) in [6, 6.07) is 10.7. The van der Waals surface area contributed by atoms with Crippen molar-refractivity contribution in [1.29, 1.82) is 0 Å². The lowest BCUT2D eigenvalue weighted by atomic mass is 9.90. The minimum Gasteiger partial charge on any atom is -0.378 e. The molecule has 1 unspecified atom stereocenters. The van der Waals surface area contributed by atoms with Crippen LogP contribution in [0.1, 0.15) is 42.6 Å². The molecular formula is C29H27ClF2N4O2S. The Labute approximate surface area is 231 Å². The number of hydrogen-bond acceptors (Lipinski definition) is 4. The van der Waals surface area contributed by atoms with E-state index in [2.05, 4.69) is 27.5 Å². The molecule has 10 heteroatoms. The summed E-state index contributed by atoms with van der Waals surface area (Å²) in [4.78, 5) is 4.84. The van der Waals surface area contributed by atoms with Gasteiger partial charge in [0, 0.05) is 46.1 Å². The van der Waals surface area contributed by atoms with Gasteiger partial charge < -0.3 is 5.11 Å².